The zero-order valence-corrected chi connectivity index (χ0v) is 11.6. The van der Waals surface area contributed by atoms with Gasteiger partial charge in [0.15, 0.2) is 0 Å². The minimum absolute atomic E-state index is 0.148. The summed E-state index contributed by atoms with van der Waals surface area (Å²) in [5, 5.41) is 8.89. The van der Waals surface area contributed by atoms with Crippen molar-refractivity contribution in [1.82, 2.24) is 0 Å². The molecule has 0 radical (unpaired) electrons. The van der Waals surface area contributed by atoms with Gasteiger partial charge in [-0.15, -0.1) is 0 Å². The molecule has 5 heteroatoms. The predicted octanol–water partition coefficient (Wildman–Crippen LogP) is 1.31. The summed E-state index contributed by atoms with van der Waals surface area (Å²) in [4.78, 5) is 2.11. The molecule has 1 N–H and O–H groups in total. The fourth-order valence-electron chi connectivity index (χ4n) is 1.79. The monoisotopic (exact) mass is 271 g/mol. The van der Waals surface area contributed by atoms with E-state index in [4.69, 9.17) is 5.11 Å². The molecule has 0 saturated heterocycles. The van der Waals surface area contributed by atoms with Gasteiger partial charge in [-0.1, -0.05) is 18.2 Å². The fraction of sp³-hybridized carbons (Fsp3) is 0.538. The molecule has 0 heterocycles. The summed E-state index contributed by atoms with van der Waals surface area (Å²) in [6.45, 7) is 1.58. The molecule has 0 aliphatic heterocycles. The van der Waals surface area contributed by atoms with E-state index in [9.17, 15) is 8.42 Å². The van der Waals surface area contributed by atoms with E-state index in [1.54, 1.807) is 0 Å². The number of para-hydroxylation sites is 1. The molecule has 1 aromatic rings. The molecule has 0 atom stereocenters. The van der Waals surface area contributed by atoms with Gasteiger partial charge in [-0.3, -0.25) is 0 Å². The molecular weight excluding hydrogens is 250 g/mol. The number of sulfone groups is 1. The lowest BCUT2D eigenvalue weighted by Crippen LogP contribution is -2.27. The molecule has 1 rings (SSSR count). The molecule has 1 aromatic carbocycles. The molecule has 0 amide bonds. The third-order valence-electron chi connectivity index (χ3n) is 2.65. The lowest BCUT2D eigenvalue weighted by Gasteiger charge is -2.24. The molecule has 4 nitrogen and oxygen atoms in total. The summed E-state index contributed by atoms with van der Waals surface area (Å²) in [5.74, 6) is 0.204. The maximum Gasteiger partial charge on any atom is 0.147 e. The van der Waals surface area contributed by atoms with Crippen molar-refractivity contribution in [2.75, 3.05) is 36.6 Å². The molecule has 0 aromatic heterocycles. The molecule has 0 aliphatic rings. The summed E-state index contributed by atoms with van der Waals surface area (Å²) in [6, 6.07) is 9.86. The first kappa shape index (κ1) is 15.0. The van der Waals surface area contributed by atoms with Crippen molar-refractivity contribution in [2.24, 2.45) is 0 Å². The Labute approximate surface area is 109 Å². The molecule has 102 valence electrons. The molecule has 0 bridgehead atoms. The van der Waals surface area contributed by atoms with E-state index < -0.39 is 9.84 Å². The van der Waals surface area contributed by atoms with Crippen LogP contribution in [0.5, 0.6) is 0 Å². The lowest BCUT2D eigenvalue weighted by atomic mass is 10.2. The lowest BCUT2D eigenvalue weighted by molar-refractivity contribution is 0.289. The summed E-state index contributed by atoms with van der Waals surface area (Å²) in [7, 11) is -2.90. The van der Waals surface area contributed by atoms with Crippen LogP contribution in [0.3, 0.4) is 0 Å². The number of aliphatic hydroxyl groups is 1. The molecule has 0 aliphatic carbocycles. The van der Waals surface area contributed by atoms with E-state index in [0.29, 0.717) is 19.4 Å². The van der Waals surface area contributed by atoms with Gasteiger partial charge >= 0.3 is 0 Å². The van der Waals surface area contributed by atoms with E-state index in [1.165, 1.54) is 6.26 Å². The standard InChI is InChI=1S/C13H21NO3S/c1-18(16,17)12-6-10-14(9-5-11-15)13-7-3-2-4-8-13/h2-4,7-8,15H,5-6,9-12H2,1H3. The Morgan fingerprint density at radius 1 is 1.11 bits per heavy atom. The van der Waals surface area contributed by atoms with Gasteiger partial charge < -0.3 is 10.0 Å². The number of hydrogen-bond acceptors (Lipinski definition) is 4. The molecule has 0 saturated carbocycles. The maximum atomic E-state index is 11.1. The van der Waals surface area contributed by atoms with Crippen LogP contribution >= 0.6 is 0 Å². The van der Waals surface area contributed by atoms with Crippen LogP contribution in [0.15, 0.2) is 30.3 Å². The number of rotatable bonds is 8. The second-order valence-corrected chi connectivity index (χ2v) is 6.64. The topological polar surface area (TPSA) is 57.6 Å². The average Bonchev–Trinajstić information content (AvgIpc) is 2.33. The Morgan fingerprint density at radius 2 is 1.72 bits per heavy atom. The van der Waals surface area contributed by atoms with Gasteiger partial charge in [0.25, 0.3) is 0 Å². The van der Waals surface area contributed by atoms with Gasteiger partial charge in [0, 0.05) is 31.6 Å². The van der Waals surface area contributed by atoms with Crippen LogP contribution < -0.4 is 4.90 Å². The highest BCUT2D eigenvalue weighted by Crippen LogP contribution is 2.14. The first-order valence-corrected chi connectivity index (χ1v) is 8.17. The Hall–Kier alpha value is -1.07. The number of nitrogens with zero attached hydrogens (tertiary/aromatic N) is 1. The summed E-state index contributed by atoms with van der Waals surface area (Å²) >= 11 is 0. The number of benzene rings is 1. The van der Waals surface area contributed by atoms with E-state index in [2.05, 4.69) is 4.90 Å². The fourth-order valence-corrected chi connectivity index (χ4v) is 2.44. The zero-order chi connectivity index (χ0) is 13.4. The van der Waals surface area contributed by atoms with Gasteiger partial charge in [0.2, 0.25) is 0 Å². The van der Waals surface area contributed by atoms with E-state index in [1.807, 2.05) is 30.3 Å². The highest BCUT2D eigenvalue weighted by Gasteiger charge is 2.08. The molecular formula is C13H21NO3S. The largest absolute Gasteiger partial charge is 0.396 e. The molecule has 0 spiro atoms. The Bertz CT molecular complexity index is 431. The average molecular weight is 271 g/mol. The Balaban J connectivity index is 2.56. The van der Waals surface area contributed by atoms with Crippen LogP contribution in [0.2, 0.25) is 0 Å². The van der Waals surface area contributed by atoms with Gasteiger partial charge in [-0.2, -0.15) is 0 Å². The smallest absolute Gasteiger partial charge is 0.147 e. The third kappa shape index (κ3) is 6.02. The minimum atomic E-state index is -2.90. The van der Waals surface area contributed by atoms with Gasteiger partial charge in [-0.25, -0.2) is 8.42 Å². The number of aliphatic hydroxyl groups excluding tert-OH is 1. The van der Waals surface area contributed by atoms with Crippen molar-refractivity contribution in [3.05, 3.63) is 30.3 Å². The predicted molar refractivity (Wildman–Crippen MR) is 74.7 cm³/mol. The van der Waals surface area contributed by atoms with Gasteiger partial charge in [0.1, 0.15) is 9.84 Å². The second kappa shape index (κ2) is 7.38. The second-order valence-electron chi connectivity index (χ2n) is 4.38. The summed E-state index contributed by atoms with van der Waals surface area (Å²) < 4.78 is 22.2. The van der Waals surface area contributed by atoms with Crippen molar-refractivity contribution in [1.29, 1.82) is 0 Å². The first-order chi connectivity index (χ1) is 8.53. The van der Waals surface area contributed by atoms with E-state index >= 15 is 0 Å². The van der Waals surface area contributed by atoms with Crippen molar-refractivity contribution in [3.8, 4) is 0 Å². The number of anilines is 1. The van der Waals surface area contributed by atoms with Crippen LogP contribution in [0.25, 0.3) is 0 Å². The maximum absolute atomic E-state index is 11.1. The molecule has 0 unspecified atom stereocenters. The van der Waals surface area contributed by atoms with Crippen LogP contribution in [0.4, 0.5) is 5.69 Å². The van der Waals surface area contributed by atoms with Crippen LogP contribution in [-0.4, -0.2) is 45.2 Å². The highest BCUT2D eigenvalue weighted by atomic mass is 32.2. The van der Waals surface area contributed by atoms with E-state index in [0.717, 1.165) is 12.2 Å². The highest BCUT2D eigenvalue weighted by molar-refractivity contribution is 7.90. The van der Waals surface area contributed by atoms with Crippen LogP contribution in [0.1, 0.15) is 12.8 Å². The SMILES string of the molecule is CS(=O)(=O)CCCN(CCCO)c1ccccc1. The van der Waals surface area contributed by atoms with Crippen LogP contribution in [0, 0.1) is 0 Å². The van der Waals surface area contributed by atoms with Crippen LogP contribution in [-0.2, 0) is 9.84 Å². The Morgan fingerprint density at radius 3 is 2.28 bits per heavy atom. The van der Waals surface area contributed by atoms with E-state index in [-0.39, 0.29) is 12.4 Å². The summed E-state index contributed by atoms with van der Waals surface area (Å²) in [5.41, 5.74) is 1.07. The molecule has 0 fully saturated rings. The molecule has 18 heavy (non-hydrogen) atoms. The van der Waals surface area contributed by atoms with Crippen molar-refractivity contribution in [3.63, 3.8) is 0 Å². The zero-order valence-electron chi connectivity index (χ0n) is 10.7. The first-order valence-electron chi connectivity index (χ1n) is 6.11. The van der Waals surface area contributed by atoms with Crippen molar-refractivity contribution >= 4 is 15.5 Å². The van der Waals surface area contributed by atoms with Crippen molar-refractivity contribution < 1.29 is 13.5 Å². The van der Waals surface area contributed by atoms with Gasteiger partial charge in [-0.05, 0) is 25.0 Å². The quantitative estimate of drug-likeness (QED) is 0.774. The minimum Gasteiger partial charge on any atom is -0.396 e. The van der Waals surface area contributed by atoms with Gasteiger partial charge in [0.05, 0.1) is 5.75 Å². The number of hydrogen-bond donors (Lipinski definition) is 1. The normalized spacial score (nSPS) is 11.4. The summed E-state index contributed by atoms with van der Waals surface area (Å²) in [6.07, 6.45) is 2.56. The van der Waals surface area contributed by atoms with Crippen molar-refractivity contribution in [2.45, 2.75) is 12.8 Å². The Kier molecular flexibility index (Phi) is 6.15. The third-order valence-corrected chi connectivity index (χ3v) is 3.68.